The van der Waals surface area contributed by atoms with Crippen LogP contribution >= 0.6 is 0 Å². The van der Waals surface area contributed by atoms with Crippen molar-refractivity contribution in [1.29, 1.82) is 0 Å². The van der Waals surface area contributed by atoms with Gasteiger partial charge in [0.2, 0.25) is 0 Å². The van der Waals surface area contributed by atoms with Crippen LogP contribution in [0.4, 0.5) is 4.79 Å². The van der Waals surface area contributed by atoms with Gasteiger partial charge < -0.3 is 29.8 Å². The molecule has 7 heteroatoms. The van der Waals surface area contributed by atoms with Crippen LogP contribution in [0.2, 0.25) is 0 Å². The van der Waals surface area contributed by atoms with Crippen molar-refractivity contribution in [2.75, 3.05) is 39.5 Å². The number of benzene rings is 1. The van der Waals surface area contributed by atoms with E-state index in [2.05, 4.69) is 10.3 Å². The molecule has 1 unspecified atom stereocenters. The van der Waals surface area contributed by atoms with E-state index >= 15 is 0 Å². The minimum Gasteiger partial charge on any atom is -0.490 e. The maximum absolute atomic E-state index is 12.0. The van der Waals surface area contributed by atoms with Gasteiger partial charge in [0.25, 0.3) is 0 Å². The van der Waals surface area contributed by atoms with E-state index in [1.54, 1.807) is 4.90 Å². The molecule has 2 heterocycles. The van der Waals surface area contributed by atoms with Crippen LogP contribution in [0.1, 0.15) is 12.1 Å². The molecular weight excluding hydrogens is 322 g/mol. The summed E-state index contributed by atoms with van der Waals surface area (Å²) in [5.41, 5.74) is 2.08. The normalized spacial score (nSPS) is 16.0. The fraction of sp³-hybridized carbons (Fsp3) is 0.500. The zero-order valence-corrected chi connectivity index (χ0v) is 14.5. The molecule has 0 spiro atoms. The number of hydrogen-bond donors (Lipinski definition) is 3. The summed E-state index contributed by atoms with van der Waals surface area (Å²) in [6, 6.07) is 7.72. The van der Waals surface area contributed by atoms with Crippen molar-refractivity contribution in [3.05, 3.63) is 30.0 Å². The summed E-state index contributed by atoms with van der Waals surface area (Å²) < 4.78 is 11.0. The van der Waals surface area contributed by atoms with E-state index in [4.69, 9.17) is 9.47 Å². The first-order valence-electron chi connectivity index (χ1n) is 8.63. The molecule has 1 atom stereocenters. The number of aromatic nitrogens is 1. The fourth-order valence-electron chi connectivity index (χ4n) is 2.89. The lowest BCUT2D eigenvalue weighted by Gasteiger charge is -2.27. The Morgan fingerprint density at radius 1 is 1.44 bits per heavy atom. The Morgan fingerprint density at radius 3 is 3.04 bits per heavy atom. The van der Waals surface area contributed by atoms with Crippen LogP contribution in [0.5, 0.6) is 5.75 Å². The van der Waals surface area contributed by atoms with Gasteiger partial charge in [0.1, 0.15) is 12.4 Å². The van der Waals surface area contributed by atoms with Gasteiger partial charge in [0, 0.05) is 36.2 Å². The predicted octanol–water partition coefficient (Wildman–Crippen LogP) is 1.65. The second-order valence-corrected chi connectivity index (χ2v) is 6.25. The summed E-state index contributed by atoms with van der Waals surface area (Å²) in [5.74, 6) is 0.748. The average molecular weight is 347 g/mol. The molecule has 3 rings (SSSR count). The first kappa shape index (κ1) is 17.6. The van der Waals surface area contributed by atoms with Crippen molar-refractivity contribution in [3.8, 4) is 5.75 Å². The standard InChI is InChI=1S/C18H25N3O4/c1-13-11-15-16(20-13)3-2-4-17(15)25-12-14(22)5-6-19-18(23)21-7-9-24-10-8-21/h2-4,11,14,20,22H,5-10,12H2,1H3,(H,19,23). The number of morpholine rings is 1. The van der Waals surface area contributed by atoms with E-state index in [0.717, 1.165) is 22.3 Å². The number of aryl methyl sites for hydroxylation is 1. The summed E-state index contributed by atoms with van der Waals surface area (Å²) >= 11 is 0. The van der Waals surface area contributed by atoms with E-state index in [-0.39, 0.29) is 12.6 Å². The smallest absolute Gasteiger partial charge is 0.317 e. The van der Waals surface area contributed by atoms with E-state index < -0.39 is 6.10 Å². The second-order valence-electron chi connectivity index (χ2n) is 6.25. The molecule has 0 radical (unpaired) electrons. The lowest BCUT2D eigenvalue weighted by atomic mass is 10.2. The second kappa shape index (κ2) is 8.22. The minimum absolute atomic E-state index is 0.107. The molecule has 3 N–H and O–H groups in total. The van der Waals surface area contributed by atoms with Crippen molar-refractivity contribution in [1.82, 2.24) is 15.2 Å². The molecule has 7 nitrogen and oxygen atoms in total. The van der Waals surface area contributed by atoms with Crippen LogP contribution in [0, 0.1) is 6.92 Å². The van der Waals surface area contributed by atoms with E-state index in [9.17, 15) is 9.90 Å². The molecule has 1 saturated heterocycles. The molecule has 0 saturated carbocycles. The third kappa shape index (κ3) is 4.64. The predicted molar refractivity (Wildman–Crippen MR) is 94.9 cm³/mol. The number of aliphatic hydroxyl groups is 1. The Bertz CT molecular complexity index is 709. The van der Waals surface area contributed by atoms with Gasteiger partial charge in [-0.15, -0.1) is 0 Å². The molecule has 0 bridgehead atoms. The monoisotopic (exact) mass is 347 g/mol. The van der Waals surface area contributed by atoms with Crippen molar-refractivity contribution in [2.24, 2.45) is 0 Å². The van der Waals surface area contributed by atoms with Gasteiger partial charge in [-0.2, -0.15) is 0 Å². The van der Waals surface area contributed by atoms with Crippen LogP contribution in [0.3, 0.4) is 0 Å². The number of carbonyl (C=O) groups is 1. The number of aliphatic hydroxyl groups excluding tert-OH is 1. The van der Waals surface area contributed by atoms with Crippen LogP contribution in [0.25, 0.3) is 10.9 Å². The average Bonchev–Trinajstić information content (AvgIpc) is 3.01. The Morgan fingerprint density at radius 2 is 2.24 bits per heavy atom. The SMILES string of the molecule is Cc1cc2c(OCC(O)CCNC(=O)N3CCOCC3)cccc2[nH]1. The van der Waals surface area contributed by atoms with Gasteiger partial charge in [-0.1, -0.05) is 6.07 Å². The summed E-state index contributed by atoms with van der Waals surface area (Å²) in [7, 11) is 0. The molecule has 2 aromatic rings. The summed E-state index contributed by atoms with van der Waals surface area (Å²) in [6.45, 7) is 4.97. The van der Waals surface area contributed by atoms with Gasteiger partial charge in [-0.25, -0.2) is 4.79 Å². The van der Waals surface area contributed by atoms with Gasteiger partial charge in [0.05, 0.1) is 19.3 Å². The molecular formula is C18H25N3O4. The summed E-state index contributed by atoms with van der Waals surface area (Å²) in [4.78, 5) is 16.9. The number of H-pyrrole nitrogens is 1. The molecule has 1 aromatic carbocycles. The van der Waals surface area contributed by atoms with Gasteiger partial charge >= 0.3 is 6.03 Å². The number of fused-ring (bicyclic) bond motifs is 1. The highest BCUT2D eigenvalue weighted by Gasteiger charge is 2.16. The van der Waals surface area contributed by atoms with Crippen LogP contribution in [-0.4, -0.2) is 66.6 Å². The van der Waals surface area contributed by atoms with Crippen molar-refractivity contribution in [2.45, 2.75) is 19.4 Å². The summed E-state index contributed by atoms with van der Waals surface area (Å²) in [6.07, 6.45) is -0.196. The quantitative estimate of drug-likeness (QED) is 0.741. The largest absolute Gasteiger partial charge is 0.490 e. The fourth-order valence-corrected chi connectivity index (χ4v) is 2.89. The van der Waals surface area contributed by atoms with Crippen LogP contribution in [0.15, 0.2) is 24.3 Å². The molecule has 25 heavy (non-hydrogen) atoms. The van der Waals surface area contributed by atoms with E-state index in [1.807, 2.05) is 31.2 Å². The first-order chi connectivity index (χ1) is 12.1. The third-order valence-corrected chi connectivity index (χ3v) is 4.24. The van der Waals surface area contributed by atoms with Crippen LogP contribution < -0.4 is 10.1 Å². The number of amides is 2. The first-order valence-corrected chi connectivity index (χ1v) is 8.63. The lowest BCUT2D eigenvalue weighted by Crippen LogP contribution is -2.46. The maximum Gasteiger partial charge on any atom is 0.317 e. The third-order valence-electron chi connectivity index (χ3n) is 4.24. The van der Waals surface area contributed by atoms with Gasteiger partial charge in [0.15, 0.2) is 0 Å². The number of aromatic amines is 1. The molecule has 1 aliphatic rings. The number of ether oxygens (including phenoxy) is 2. The highest BCUT2D eigenvalue weighted by Crippen LogP contribution is 2.26. The topological polar surface area (TPSA) is 86.8 Å². The number of rotatable bonds is 6. The van der Waals surface area contributed by atoms with Gasteiger partial charge in [-0.05, 0) is 31.5 Å². The number of carbonyl (C=O) groups excluding carboxylic acids is 1. The minimum atomic E-state index is -0.639. The molecule has 1 fully saturated rings. The number of nitrogens with one attached hydrogen (secondary N) is 2. The Hall–Kier alpha value is -2.25. The molecule has 0 aliphatic carbocycles. The van der Waals surface area contributed by atoms with E-state index in [1.165, 1.54) is 0 Å². The van der Waals surface area contributed by atoms with Crippen molar-refractivity contribution >= 4 is 16.9 Å². The molecule has 2 amide bonds. The zero-order chi connectivity index (χ0) is 17.6. The van der Waals surface area contributed by atoms with Crippen molar-refractivity contribution < 1.29 is 19.4 Å². The van der Waals surface area contributed by atoms with Gasteiger partial charge in [-0.3, -0.25) is 0 Å². The highest BCUT2D eigenvalue weighted by molar-refractivity contribution is 5.86. The number of urea groups is 1. The number of nitrogens with zero attached hydrogens (tertiary/aromatic N) is 1. The van der Waals surface area contributed by atoms with E-state index in [0.29, 0.717) is 39.3 Å². The zero-order valence-electron chi connectivity index (χ0n) is 14.5. The maximum atomic E-state index is 12.0. The molecule has 136 valence electrons. The van der Waals surface area contributed by atoms with Crippen molar-refractivity contribution in [3.63, 3.8) is 0 Å². The number of hydrogen-bond acceptors (Lipinski definition) is 4. The Balaban J connectivity index is 1.41. The Kier molecular flexibility index (Phi) is 5.78. The van der Waals surface area contributed by atoms with Crippen LogP contribution in [-0.2, 0) is 4.74 Å². The summed E-state index contributed by atoms with van der Waals surface area (Å²) in [5, 5.41) is 13.9. The lowest BCUT2D eigenvalue weighted by molar-refractivity contribution is 0.0525. The molecule has 1 aliphatic heterocycles. The Labute approximate surface area is 146 Å². The molecule has 1 aromatic heterocycles. The highest BCUT2D eigenvalue weighted by atomic mass is 16.5.